The normalized spacial score (nSPS) is 23.2. The van der Waals surface area contributed by atoms with Crippen LogP contribution in [0.25, 0.3) is 0 Å². The molecule has 1 aliphatic carbocycles. The van der Waals surface area contributed by atoms with E-state index >= 15 is 0 Å². The SMILES string of the molecule is NS(=O)(=O)c1ccc(O[C@H]2c3cc(F)ccc3C[C@@H]2N2CCCC2)cc1. The van der Waals surface area contributed by atoms with Gasteiger partial charge in [0.2, 0.25) is 10.0 Å². The fourth-order valence-electron chi connectivity index (χ4n) is 3.95. The van der Waals surface area contributed by atoms with Crippen molar-refractivity contribution in [3.8, 4) is 5.75 Å². The van der Waals surface area contributed by atoms with Crippen molar-refractivity contribution in [1.82, 2.24) is 4.90 Å². The van der Waals surface area contributed by atoms with E-state index in [2.05, 4.69) is 4.90 Å². The van der Waals surface area contributed by atoms with Crippen LogP contribution in [0.2, 0.25) is 0 Å². The monoisotopic (exact) mass is 376 g/mol. The van der Waals surface area contributed by atoms with Gasteiger partial charge in [-0.15, -0.1) is 0 Å². The lowest BCUT2D eigenvalue weighted by molar-refractivity contribution is 0.0939. The highest BCUT2D eigenvalue weighted by molar-refractivity contribution is 7.89. The maximum atomic E-state index is 13.8. The smallest absolute Gasteiger partial charge is 0.238 e. The molecule has 0 aromatic heterocycles. The van der Waals surface area contributed by atoms with Crippen LogP contribution in [0.1, 0.15) is 30.1 Å². The van der Waals surface area contributed by atoms with Crippen molar-refractivity contribution in [2.45, 2.75) is 36.3 Å². The summed E-state index contributed by atoms with van der Waals surface area (Å²) >= 11 is 0. The lowest BCUT2D eigenvalue weighted by Crippen LogP contribution is -2.38. The van der Waals surface area contributed by atoms with Gasteiger partial charge in [0.25, 0.3) is 0 Å². The number of halogens is 1. The first-order valence-corrected chi connectivity index (χ1v) is 10.3. The highest BCUT2D eigenvalue weighted by Crippen LogP contribution is 2.39. The Morgan fingerprint density at radius 2 is 1.77 bits per heavy atom. The number of nitrogens with zero attached hydrogens (tertiary/aromatic N) is 1. The molecule has 7 heteroatoms. The van der Waals surface area contributed by atoms with Crippen LogP contribution in [0.3, 0.4) is 0 Å². The molecule has 1 aliphatic heterocycles. The number of ether oxygens (including phenoxy) is 1. The average Bonchev–Trinajstić information content (AvgIpc) is 3.23. The second kappa shape index (κ2) is 6.64. The molecule has 0 unspecified atom stereocenters. The Morgan fingerprint density at radius 1 is 1.08 bits per heavy atom. The minimum atomic E-state index is -3.74. The maximum absolute atomic E-state index is 13.8. The number of benzene rings is 2. The second-order valence-corrected chi connectivity index (χ2v) is 8.47. The third kappa shape index (κ3) is 3.34. The van der Waals surface area contributed by atoms with Crippen LogP contribution in [0.5, 0.6) is 5.75 Å². The van der Waals surface area contributed by atoms with Crippen LogP contribution >= 0.6 is 0 Å². The number of rotatable bonds is 4. The van der Waals surface area contributed by atoms with E-state index < -0.39 is 10.0 Å². The van der Waals surface area contributed by atoms with Gasteiger partial charge >= 0.3 is 0 Å². The van der Waals surface area contributed by atoms with E-state index in [1.54, 1.807) is 18.2 Å². The Hall–Kier alpha value is -1.96. The zero-order valence-corrected chi connectivity index (χ0v) is 15.1. The van der Waals surface area contributed by atoms with E-state index in [4.69, 9.17) is 9.88 Å². The van der Waals surface area contributed by atoms with Crippen molar-refractivity contribution >= 4 is 10.0 Å². The number of likely N-dealkylation sites (tertiary alicyclic amines) is 1. The summed E-state index contributed by atoms with van der Waals surface area (Å²) in [5, 5.41) is 5.14. The van der Waals surface area contributed by atoms with Gasteiger partial charge in [-0.05, 0) is 74.3 Å². The largest absolute Gasteiger partial charge is 0.484 e. The van der Waals surface area contributed by atoms with Gasteiger partial charge in [0.05, 0.1) is 10.9 Å². The summed E-state index contributed by atoms with van der Waals surface area (Å²) in [6.45, 7) is 2.04. The summed E-state index contributed by atoms with van der Waals surface area (Å²) in [4.78, 5) is 2.44. The van der Waals surface area contributed by atoms with Crippen LogP contribution in [-0.2, 0) is 16.4 Å². The van der Waals surface area contributed by atoms with E-state index in [9.17, 15) is 12.8 Å². The lowest BCUT2D eigenvalue weighted by atomic mass is 10.1. The lowest BCUT2D eigenvalue weighted by Gasteiger charge is -2.30. The molecule has 2 atom stereocenters. The fourth-order valence-corrected chi connectivity index (χ4v) is 4.46. The van der Waals surface area contributed by atoms with Crippen molar-refractivity contribution < 1.29 is 17.5 Å². The summed E-state index contributed by atoms with van der Waals surface area (Å²) in [5.74, 6) is 0.271. The van der Waals surface area contributed by atoms with Gasteiger partial charge in [-0.2, -0.15) is 0 Å². The maximum Gasteiger partial charge on any atom is 0.238 e. The van der Waals surface area contributed by atoms with E-state index in [1.807, 2.05) is 6.07 Å². The van der Waals surface area contributed by atoms with Crippen molar-refractivity contribution in [3.05, 3.63) is 59.4 Å². The van der Waals surface area contributed by atoms with Crippen LogP contribution in [-0.4, -0.2) is 32.4 Å². The predicted octanol–water partition coefficient (Wildman–Crippen LogP) is 2.61. The first kappa shape index (κ1) is 17.5. The molecule has 0 spiro atoms. The summed E-state index contributed by atoms with van der Waals surface area (Å²) in [5.41, 5.74) is 1.98. The Bertz CT molecular complexity index is 909. The van der Waals surface area contributed by atoms with Gasteiger partial charge in [-0.3, -0.25) is 4.90 Å². The van der Waals surface area contributed by atoms with Crippen molar-refractivity contribution in [2.75, 3.05) is 13.1 Å². The van der Waals surface area contributed by atoms with E-state index in [0.717, 1.165) is 43.5 Å². The number of sulfonamides is 1. The molecule has 2 aromatic carbocycles. The first-order chi connectivity index (χ1) is 12.4. The molecule has 0 radical (unpaired) electrons. The summed E-state index contributed by atoms with van der Waals surface area (Å²) < 4.78 is 42.8. The Kier molecular flexibility index (Phi) is 4.46. The molecule has 2 aliphatic rings. The second-order valence-electron chi connectivity index (χ2n) is 6.91. The van der Waals surface area contributed by atoms with Crippen LogP contribution < -0.4 is 9.88 Å². The molecule has 4 rings (SSSR count). The molecule has 5 nitrogen and oxygen atoms in total. The Labute approximate surface area is 152 Å². The number of hydrogen-bond acceptors (Lipinski definition) is 4. The molecule has 2 aromatic rings. The van der Waals surface area contributed by atoms with E-state index in [0.29, 0.717) is 5.75 Å². The molecule has 1 fully saturated rings. The minimum Gasteiger partial charge on any atom is -0.484 e. The number of primary sulfonamides is 1. The highest BCUT2D eigenvalue weighted by Gasteiger charge is 2.39. The summed E-state index contributed by atoms with van der Waals surface area (Å²) in [6, 6.07) is 11.1. The Morgan fingerprint density at radius 3 is 2.42 bits per heavy atom. The van der Waals surface area contributed by atoms with Gasteiger partial charge < -0.3 is 4.74 Å². The molecular weight excluding hydrogens is 355 g/mol. The molecule has 1 heterocycles. The highest BCUT2D eigenvalue weighted by atomic mass is 32.2. The standard InChI is InChI=1S/C19H21FN2O3S/c20-14-4-3-13-11-18(22-9-1-2-10-22)19(17(13)12-14)25-15-5-7-16(8-6-15)26(21,23)24/h3-8,12,18-19H,1-2,9-11H2,(H2,21,23,24)/t18-,19-/m0/s1. The summed E-state index contributed by atoms with van der Waals surface area (Å²) in [6.07, 6.45) is 2.88. The van der Waals surface area contributed by atoms with Crippen molar-refractivity contribution in [2.24, 2.45) is 5.14 Å². The van der Waals surface area contributed by atoms with Crippen molar-refractivity contribution in [1.29, 1.82) is 0 Å². The molecule has 138 valence electrons. The molecule has 0 saturated carbocycles. The zero-order chi connectivity index (χ0) is 18.3. The zero-order valence-electron chi connectivity index (χ0n) is 14.3. The molecule has 0 bridgehead atoms. The number of fused-ring (bicyclic) bond motifs is 1. The topological polar surface area (TPSA) is 72.6 Å². The van der Waals surface area contributed by atoms with Gasteiger partial charge in [-0.1, -0.05) is 6.07 Å². The molecule has 1 saturated heterocycles. The first-order valence-electron chi connectivity index (χ1n) is 8.74. The minimum absolute atomic E-state index is 0.0406. The quantitative estimate of drug-likeness (QED) is 0.890. The fraction of sp³-hybridized carbons (Fsp3) is 0.368. The Balaban J connectivity index is 1.64. The number of hydrogen-bond donors (Lipinski definition) is 1. The van der Waals surface area contributed by atoms with Gasteiger partial charge in [0.1, 0.15) is 17.7 Å². The summed E-state index contributed by atoms with van der Waals surface area (Å²) in [7, 11) is -3.74. The third-order valence-corrected chi connectivity index (χ3v) is 6.15. The molecule has 26 heavy (non-hydrogen) atoms. The average molecular weight is 376 g/mol. The molecule has 0 amide bonds. The van der Waals surface area contributed by atoms with Crippen molar-refractivity contribution in [3.63, 3.8) is 0 Å². The predicted molar refractivity (Wildman–Crippen MR) is 95.9 cm³/mol. The van der Waals surface area contributed by atoms with E-state index in [1.165, 1.54) is 18.2 Å². The third-order valence-electron chi connectivity index (χ3n) is 5.22. The number of nitrogens with two attached hydrogens (primary N) is 1. The van der Waals surface area contributed by atoms with Crippen LogP contribution in [0.4, 0.5) is 4.39 Å². The van der Waals surface area contributed by atoms with Gasteiger partial charge in [0, 0.05) is 5.56 Å². The van der Waals surface area contributed by atoms with Crippen LogP contribution in [0, 0.1) is 5.82 Å². The van der Waals surface area contributed by atoms with Gasteiger partial charge in [0.15, 0.2) is 0 Å². The molecule has 2 N–H and O–H groups in total. The van der Waals surface area contributed by atoms with E-state index in [-0.39, 0.29) is 22.9 Å². The van der Waals surface area contributed by atoms with Gasteiger partial charge in [-0.25, -0.2) is 17.9 Å². The van der Waals surface area contributed by atoms with Crippen LogP contribution in [0.15, 0.2) is 47.4 Å². The molecular formula is C19H21FN2O3S.